The van der Waals surface area contributed by atoms with Crippen LogP contribution in [0.4, 0.5) is 0 Å². The summed E-state index contributed by atoms with van der Waals surface area (Å²) in [5.74, 6) is 0. The van der Waals surface area contributed by atoms with Gasteiger partial charge < -0.3 is 5.32 Å². The Hall–Kier alpha value is -1.60. The molecule has 2 atom stereocenters. The lowest BCUT2D eigenvalue weighted by molar-refractivity contribution is 0.494. The third-order valence-electron chi connectivity index (χ3n) is 3.97. The monoisotopic (exact) mass is 267 g/mol. The zero-order chi connectivity index (χ0) is 14.5. The first kappa shape index (κ1) is 14.8. The molecule has 106 valence electrons. The Balaban J connectivity index is 2.02. The van der Waals surface area contributed by atoms with Crippen LogP contribution in [0.5, 0.6) is 0 Å². The highest BCUT2D eigenvalue weighted by molar-refractivity contribution is 5.26. The fraction of sp³-hybridized carbons (Fsp3) is 0.368. The van der Waals surface area contributed by atoms with Gasteiger partial charge in [0.25, 0.3) is 0 Å². The molecule has 2 aromatic carbocycles. The third kappa shape index (κ3) is 3.71. The van der Waals surface area contributed by atoms with Gasteiger partial charge in [0.2, 0.25) is 0 Å². The first-order valence-corrected chi connectivity index (χ1v) is 7.51. The van der Waals surface area contributed by atoms with Crippen LogP contribution >= 0.6 is 0 Å². The summed E-state index contributed by atoms with van der Waals surface area (Å²) in [6, 6.07) is 18.4. The molecule has 20 heavy (non-hydrogen) atoms. The summed E-state index contributed by atoms with van der Waals surface area (Å²) in [6.07, 6.45) is 1.10. The summed E-state index contributed by atoms with van der Waals surface area (Å²) in [5.41, 5.74) is 5.39. The number of nitrogens with one attached hydrogen (secondary N) is 1. The topological polar surface area (TPSA) is 12.0 Å². The van der Waals surface area contributed by atoms with Crippen LogP contribution in [-0.4, -0.2) is 0 Å². The van der Waals surface area contributed by atoms with Gasteiger partial charge >= 0.3 is 0 Å². The fourth-order valence-electron chi connectivity index (χ4n) is 2.46. The molecule has 0 saturated carbocycles. The van der Waals surface area contributed by atoms with Crippen LogP contribution in [-0.2, 0) is 6.42 Å². The van der Waals surface area contributed by atoms with E-state index in [1.165, 1.54) is 22.3 Å². The van der Waals surface area contributed by atoms with E-state index in [4.69, 9.17) is 0 Å². The van der Waals surface area contributed by atoms with Crippen LogP contribution in [0.25, 0.3) is 0 Å². The molecule has 0 heterocycles. The van der Waals surface area contributed by atoms with Gasteiger partial charge in [-0.25, -0.2) is 0 Å². The molecule has 0 radical (unpaired) electrons. The summed E-state index contributed by atoms with van der Waals surface area (Å²) in [6.45, 7) is 8.77. The Morgan fingerprint density at radius 2 is 1.25 bits per heavy atom. The second kappa shape index (κ2) is 6.71. The lowest BCUT2D eigenvalue weighted by Crippen LogP contribution is -2.22. The van der Waals surface area contributed by atoms with Gasteiger partial charge in [-0.2, -0.15) is 0 Å². The third-order valence-corrected chi connectivity index (χ3v) is 3.97. The van der Waals surface area contributed by atoms with Crippen molar-refractivity contribution in [2.24, 2.45) is 0 Å². The summed E-state index contributed by atoms with van der Waals surface area (Å²) in [4.78, 5) is 0. The van der Waals surface area contributed by atoms with Crippen LogP contribution in [0.15, 0.2) is 48.5 Å². The highest BCUT2D eigenvalue weighted by atomic mass is 14.9. The minimum absolute atomic E-state index is 0.358. The van der Waals surface area contributed by atoms with E-state index in [0.29, 0.717) is 12.1 Å². The number of benzene rings is 2. The SMILES string of the molecule is CCc1ccc(C(C)NC(C)c2ccc(C)cc2)cc1. The minimum atomic E-state index is 0.358. The van der Waals surface area contributed by atoms with Crippen molar-refractivity contribution < 1.29 is 0 Å². The van der Waals surface area contributed by atoms with Crippen molar-refractivity contribution in [2.45, 2.75) is 46.2 Å². The predicted molar refractivity (Wildman–Crippen MR) is 87.0 cm³/mol. The van der Waals surface area contributed by atoms with Gasteiger partial charge in [0.1, 0.15) is 0 Å². The maximum atomic E-state index is 3.67. The average molecular weight is 267 g/mol. The maximum Gasteiger partial charge on any atom is 0.0297 e. The molecule has 0 aliphatic rings. The van der Waals surface area contributed by atoms with E-state index in [-0.39, 0.29) is 0 Å². The summed E-state index contributed by atoms with van der Waals surface area (Å²) in [5, 5.41) is 3.67. The van der Waals surface area contributed by atoms with Crippen molar-refractivity contribution in [1.82, 2.24) is 5.32 Å². The normalized spacial score (nSPS) is 14.0. The molecule has 2 rings (SSSR count). The van der Waals surface area contributed by atoms with Crippen LogP contribution in [0.2, 0.25) is 0 Å². The Labute approximate surface area is 123 Å². The molecule has 0 fully saturated rings. The van der Waals surface area contributed by atoms with Crippen molar-refractivity contribution in [3.63, 3.8) is 0 Å². The maximum absolute atomic E-state index is 3.67. The van der Waals surface area contributed by atoms with E-state index in [0.717, 1.165) is 6.42 Å². The molecule has 0 saturated heterocycles. The minimum Gasteiger partial charge on any atom is -0.304 e. The van der Waals surface area contributed by atoms with E-state index in [1.807, 2.05) is 0 Å². The number of rotatable bonds is 5. The Bertz CT molecular complexity index is 525. The standard InChI is InChI=1S/C19H25N/c1-5-17-8-12-19(13-9-17)16(4)20-15(3)18-10-6-14(2)7-11-18/h6-13,15-16,20H,5H2,1-4H3. The molecule has 0 aliphatic carbocycles. The van der Waals surface area contributed by atoms with Gasteiger partial charge in [-0.1, -0.05) is 61.0 Å². The molecular weight excluding hydrogens is 242 g/mol. The summed E-state index contributed by atoms with van der Waals surface area (Å²) in [7, 11) is 0. The van der Waals surface area contributed by atoms with Crippen LogP contribution < -0.4 is 5.32 Å². The Kier molecular flexibility index (Phi) is 4.97. The van der Waals surface area contributed by atoms with Gasteiger partial charge in [0.05, 0.1) is 0 Å². The first-order valence-electron chi connectivity index (χ1n) is 7.51. The molecule has 2 aromatic rings. The van der Waals surface area contributed by atoms with Crippen molar-refractivity contribution in [3.8, 4) is 0 Å². The molecule has 2 unspecified atom stereocenters. The van der Waals surface area contributed by atoms with E-state index in [2.05, 4.69) is 81.5 Å². The van der Waals surface area contributed by atoms with Crippen LogP contribution in [0.3, 0.4) is 0 Å². The van der Waals surface area contributed by atoms with Gasteiger partial charge in [-0.3, -0.25) is 0 Å². The number of hydrogen-bond acceptors (Lipinski definition) is 1. The molecule has 1 nitrogen and oxygen atoms in total. The zero-order valence-corrected chi connectivity index (χ0v) is 13.0. The van der Waals surface area contributed by atoms with Gasteiger partial charge in [0.15, 0.2) is 0 Å². The average Bonchev–Trinajstić information content (AvgIpc) is 2.48. The lowest BCUT2D eigenvalue weighted by atomic mass is 10.0. The Morgan fingerprint density at radius 3 is 1.70 bits per heavy atom. The Morgan fingerprint density at radius 1 is 0.800 bits per heavy atom. The largest absolute Gasteiger partial charge is 0.304 e. The molecule has 0 spiro atoms. The number of aryl methyl sites for hydroxylation is 2. The molecular formula is C19H25N. The van der Waals surface area contributed by atoms with Crippen molar-refractivity contribution >= 4 is 0 Å². The zero-order valence-electron chi connectivity index (χ0n) is 13.0. The molecule has 1 heteroatoms. The van der Waals surface area contributed by atoms with Crippen molar-refractivity contribution in [2.75, 3.05) is 0 Å². The van der Waals surface area contributed by atoms with E-state index >= 15 is 0 Å². The van der Waals surface area contributed by atoms with Crippen LogP contribution in [0.1, 0.15) is 55.1 Å². The molecule has 0 bridgehead atoms. The fourth-order valence-corrected chi connectivity index (χ4v) is 2.46. The number of hydrogen-bond donors (Lipinski definition) is 1. The highest BCUT2D eigenvalue weighted by Crippen LogP contribution is 2.20. The van der Waals surface area contributed by atoms with Gasteiger partial charge in [0, 0.05) is 12.1 Å². The lowest BCUT2D eigenvalue weighted by Gasteiger charge is -2.21. The highest BCUT2D eigenvalue weighted by Gasteiger charge is 2.10. The van der Waals surface area contributed by atoms with Gasteiger partial charge in [-0.05, 0) is 43.9 Å². The van der Waals surface area contributed by atoms with Crippen LogP contribution in [0, 0.1) is 6.92 Å². The quantitative estimate of drug-likeness (QED) is 0.806. The molecule has 0 aromatic heterocycles. The molecule has 0 amide bonds. The predicted octanol–water partition coefficient (Wildman–Crippen LogP) is 4.97. The second-order valence-electron chi connectivity index (χ2n) is 5.62. The van der Waals surface area contributed by atoms with Crippen molar-refractivity contribution in [1.29, 1.82) is 0 Å². The molecule has 1 N–H and O–H groups in total. The van der Waals surface area contributed by atoms with Gasteiger partial charge in [-0.15, -0.1) is 0 Å². The smallest absolute Gasteiger partial charge is 0.0297 e. The van der Waals surface area contributed by atoms with E-state index < -0.39 is 0 Å². The van der Waals surface area contributed by atoms with E-state index in [9.17, 15) is 0 Å². The summed E-state index contributed by atoms with van der Waals surface area (Å²) < 4.78 is 0. The van der Waals surface area contributed by atoms with E-state index in [1.54, 1.807) is 0 Å². The second-order valence-corrected chi connectivity index (χ2v) is 5.62. The molecule has 0 aliphatic heterocycles. The summed E-state index contributed by atoms with van der Waals surface area (Å²) >= 11 is 0. The van der Waals surface area contributed by atoms with Crippen molar-refractivity contribution in [3.05, 3.63) is 70.8 Å². The first-order chi connectivity index (χ1) is 9.60.